The van der Waals surface area contributed by atoms with Gasteiger partial charge in [0.15, 0.2) is 5.82 Å². The Bertz CT molecular complexity index is 637. The summed E-state index contributed by atoms with van der Waals surface area (Å²) in [4.78, 5) is 26.2. The molecule has 1 atom stereocenters. The van der Waals surface area contributed by atoms with E-state index in [4.69, 9.17) is 14.5 Å². The molecule has 3 heterocycles. The zero-order chi connectivity index (χ0) is 17.1. The zero-order valence-corrected chi connectivity index (χ0v) is 14.3. The number of rotatable bonds is 3. The van der Waals surface area contributed by atoms with Crippen molar-refractivity contribution in [3.05, 3.63) is 30.2 Å². The molecule has 0 spiro atoms. The Morgan fingerprint density at radius 1 is 1.08 bits per heavy atom. The summed E-state index contributed by atoms with van der Waals surface area (Å²) >= 11 is 0. The SMILES string of the molecule is O=C(C1CC=CC1)N1CCOC[C@H]1c1nccc(N2CCOCC2)n1. The number of amides is 1. The molecular formula is C18H24N4O3. The number of hydrogen-bond acceptors (Lipinski definition) is 6. The molecule has 25 heavy (non-hydrogen) atoms. The second-order valence-corrected chi connectivity index (χ2v) is 6.63. The number of carbonyl (C=O) groups is 1. The molecule has 0 radical (unpaired) electrons. The Balaban J connectivity index is 1.54. The highest BCUT2D eigenvalue weighted by Gasteiger charge is 2.34. The normalized spacial score (nSPS) is 24.7. The van der Waals surface area contributed by atoms with Gasteiger partial charge in [-0.15, -0.1) is 0 Å². The van der Waals surface area contributed by atoms with Gasteiger partial charge in [-0.25, -0.2) is 9.97 Å². The molecule has 3 aliphatic rings. The standard InChI is InChI=1S/C18H24N4O3/c23-18(14-3-1-2-4-14)22-9-12-25-13-15(22)17-19-6-5-16(20-17)21-7-10-24-11-8-21/h1-2,5-6,14-15H,3-4,7-13H2/t15-/m0/s1. The first kappa shape index (κ1) is 16.5. The van der Waals surface area contributed by atoms with Gasteiger partial charge < -0.3 is 19.3 Å². The van der Waals surface area contributed by atoms with Gasteiger partial charge >= 0.3 is 0 Å². The number of hydrogen-bond donors (Lipinski definition) is 0. The molecule has 1 aliphatic carbocycles. The maximum absolute atomic E-state index is 12.9. The third-order valence-electron chi connectivity index (χ3n) is 5.06. The van der Waals surface area contributed by atoms with E-state index in [0.29, 0.717) is 38.8 Å². The molecule has 4 rings (SSSR count). The van der Waals surface area contributed by atoms with Crippen LogP contribution in [0.5, 0.6) is 0 Å². The quantitative estimate of drug-likeness (QED) is 0.767. The lowest BCUT2D eigenvalue weighted by Crippen LogP contribution is -2.46. The molecule has 7 heteroatoms. The first-order valence-electron chi connectivity index (χ1n) is 9.02. The Morgan fingerprint density at radius 2 is 1.84 bits per heavy atom. The molecule has 2 saturated heterocycles. The molecule has 134 valence electrons. The van der Waals surface area contributed by atoms with Gasteiger partial charge in [-0.05, 0) is 18.9 Å². The van der Waals surface area contributed by atoms with Crippen molar-refractivity contribution in [1.29, 1.82) is 0 Å². The predicted molar refractivity (Wildman–Crippen MR) is 92.2 cm³/mol. The van der Waals surface area contributed by atoms with Crippen molar-refractivity contribution in [3.63, 3.8) is 0 Å². The number of ether oxygens (including phenoxy) is 2. The Morgan fingerprint density at radius 3 is 2.64 bits per heavy atom. The number of allylic oxidation sites excluding steroid dienone is 2. The molecule has 2 fully saturated rings. The summed E-state index contributed by atoms with van der Waals surface area (Å²) < 4.78 is 11.1. The number of nitrogens with zero attached hydrogens (tertiary/aromatic N) is 4. The van der Waals surface area contributed by atoms with E-state index in [-0.39, 0.29) is 17.9 Å². The minimum atomic E-state index is -0.206. The van der Waals surface area contributed by atoms with E-state index in [0.717, 1.165) is 31.7 Å². The highest BCUT2D eigenvalue weighted by molar-refractivity contribution is 5.80. The molecule has 0 bridgehead atoms. The fraction of sp³-hybridized carbons (Fsp3) is 0.611. The van der Waals surface area contributed by atoms with Gasteiger partial charge in [0, 0.05) is 31.7 Å². The van der Waals surface area contributed by atoms with Crippen molar-refractivity contribution < 1.29 is 14.3 Å². The zero-order valence-electron chi connectivity index (χ0n) is 14.3. The third kappa shape index (κ3) is 3.52. The molecule has 7 nitrogen and oxygen atoms in total. The summed E-state index contributed by atoms with van der Waals surface area (Å²) in [6.45, 7) is 4.72. The second-order valence-electron chi connectivity index (χ2n) is 6.63. The van der Waals surface area contributed by atoms with Crippen LogP contribution in [0.2, 0.25) is 0 Å². The first-order chi connectivity index (χ1) is 12.3. The number of carbonyl (C=O) groups excluding carboxylic acids is 1. The average Bonchev–Trinajstić information content (AvgIpc) is 3.23. The lowest BCUT2D eigenvalue weighted by molar-refractivity contribution is -0.144. The van der Waals surface area contributed by atoms with Crippen LogP contribution in [0, 0.1) is 5.92 Å². The summed E-state index contributed by atoms with van der Waals surface area (Å²) in [6, 6.07) is 1.72. The molecule has 0 saturated carbocycles. The third-order valence-corrected chi connectivity index (χ3v) is 5.06. The molecule has 0 aromatic carbocycles. The lowest BCUT2D eigenvalue weighted by atomic mass is 10.0. The van der Waals surface area contributed by atoms with Crippen molar-refractivity contribution in [2.24, 2.45) is 5.92 Å². The van der Waals surface area contributed by atoms with Crippen LogP contribution in [-0.4, -0.2) is 66.8 Å². The van der Waals surface area contributed by atoms with Crippen molar-refractivity contribution in [3.8, 4) is 0 Å². The van der Waals surface area contributed by atoms with Gasteiger partial charge in [0.1, 0.15) is 11.9 Å². The van der Waals surface area contributed by atoms with Crippen LogP contribution in [0.4, 0.5) is 5.82 Å². The highest BCUT2D eigenvalue weighted by Crippen LogP contribution is 2.28. The topological polar surface area (TPSA) is 67.8 Å². The average molecular weight is 344 g/mol. The van der Waals surface area contributed by atoms with Gasteiger partial charge in [-0.3, -0.25) is 4.79 Å². The van der Waals surface area contributed by atoms with Crippen molar-refractivity contribution in [2.45, 2.75) is 18.9 Å². The summed E-state index contributed by atoms with van der Waals surface area (Å²) in [6.07, 6.45) is 7.62. The fourth-order valence-electron chi connectivity index (χ4n) is 3.63. The van der Waals surface area contributed by atoms with E-state index in [1.807, 2.05) is 11.0 Å². The van der Waals surface area contributed by atoms with E-state index in [9.17, 15) is 4.79 Å². The Hall–Kier alpha value is -1.99. The minimum Gasteiger partial charge on any atom is -0.378 e. The monoisotopic (exact) mass is 344 g/mol. The summed E-state index contributed by atoms with van der Waals surface area (Å²) in [5.41, 5.74) is 0. The largest absolute Gasteiger partial charge is 0.378 e. The van der Waals surface area contributed by atoms with Crippen molar-refractivity contribution in [1.82, 2.24) is 14.9 Å². The molecule has 1 aromatic heterocycles. The van der Waals surface area contributed by atoms with Gasteiger partial charge in [-0.1, -0.05) is 12.2 Å². The highest BCUT2D eigenvalue weighted by atomic mass is 16.5. The van der Waals surface area contributed by atoms with E-state index in [1.54, 1.807) is 6.20 Å². The molecule has 0 unspecified atom stereocenters. The number of morpholine rings is 2. The first-order valence-corrected chi connectivity index (χ1v) is 9.02. The summed E-state index contributed by atoms with van der Waals surface area (Å²) in [5.74, 6) is 1.82. The maximum atomic E-state index is 12.9. The smallest absolute Gasteiger partial charge is 0.227 e. The van der Waals surface area contributed by atoms with Crippen LogP contribution >= 0.6 is 0 Å². The van der Waals surface area contributed by atoms with Crippen LogP contribution in [0.15, 0.2) is 24.4 Å². The van der Waals surface area contributed by atoms with Crippen LogP contribution in [-0.2, 0) is 14.3 Å². The molecule has 1 amide bonds. The summed E-state index contributed by atoms with van der Waals surface area (Å²) in [5, 5.41) is 0. The van der Waals surface area contributed by atoms with Gasteiger partial charge in [0.25, 0.3) is 0 Å². The number of anilines is 1. The molecule has 0 N–H and O–H groups in total. The molecule has 2 aliphatic heterocycles. The minimum absolute atomic E-state index is 0.0584. The Labute approximate surface area is 147 Å². The fourth-order valence-corrected chi connectivity index (χ4v) is 3.63. The summed E-state index contributed by atoms with van der Waals surface area (Å²) in [7, 11) is 0. The van der Waals surface area contributed by atoms with Crippen LogP contribution in [0.3, 0.4) is 0 Å². The van der Waals surface area contributed by atoms with Gasteiger partial charge in [0.2, 0.25) is 5.91 Å². The lowest BCUT2D eigenvalue weighted by Gasteiger charge is -2.36. The van der Waals surface area contributed by atoms with Crippen molar-refractivity contribution >= 4 is 11.7 Å². The van der Waals surface area contributed by atoms with E-state index in [1.165, 1.54) is 0 Å². The molecule has 1 aromatic rings. The van der Waals surface area contributed by atoms with Crippen LogP contribution in [0.25, 0.3) is 0 Å². The van der Waals surface area contributed by atoms with Crippen LogP contribution in [0.1, 0.15) is 24.7 Å². The van der Waals surface area contributed by atoms with E-state index >= 15 is 0 Å². The number of aromatic nitrogens is 2. The van der Waals surface area contributed by atoms with Gasteiger partial charge in [-0.2, -0.15) is 0 Å². The second kappa shape index (κ2) is 7.49. The van der Waals surface area contributed by atoms with E-state index < -0.39 is 0 Å². The molecular weight excluding hydrogens is 320 g/mol. The van der Waals surface area contributed by atoms with E-state index in [2.05, 4.69) is 22.0 Å². The van der Waals surface area contributed by atoms with Crippen molar-refractivity contribution in [2.75, 3.05) is 51.0 Å². The predicted octanol–water partition coefficient (Wildman–Crippen LogP) is 1.18. The Kier molecular flexibility index (Phi) is 4.94. The maximum Gasteiger partial charge on any atom is 0.227 e. The van der Waals surface area contributed by atoms with Crippen LogP contribution < -0.4 is 4.90 Å². The van der Waals surface area contributed by atoms with Gasteiger partial charge in [0.05, 0.1) is 26.4 Å².